The lowest BCUT2D eigenvalue weighted by molar-refractivity contribution is -0.169. The number of esters is 1. The maximum Gasteiger partial charge on any atom is 0.344 e. The molecular formula is C32H50O7Si2. The van der Waals surface area contributed by atoms with Gasteiger partial charge >= 0.3 is 5.97 Å². The summed E-state index contributed by atoms with van der Waals surface area (Å²) < 4.78 is 24.1. The van der Waals surface area contributed by atoms with Crippen molar-refractivity contribution in [3.05, 3.63) is 59.2 Å². The third kappa shape index (κ3) is 8.67. The summed E-state index contributed by atoms with van der Waals surface area (Å²) in [5, 5.41) is 0.0151. The van der Waals surface area contributed by atoms with Crippen LogP contribution >= 0.6 is 0 Å². The summed E-state index contributed by atoms with van der Waals surface area (Å²) in [4.78, 5) is 39.4. The summed E-state index contributed by atoms with van der Waals surface area (Å²) in [5.74, 6) is -1.58. The topological polar surface area (TPSA) is 88.1 Å². The van der Waals surface area contributed by atoms with Gasteiger partial charge < -0.3 is 18.3 Å². The van der Waals surface area contributed by atoms with Gasteiger partial charge in [-0.25, -0.2) is 4.79 Å². The van der Waals surface area contributed by atoms with Crippen LogP contribution < -0.4 is 0 Å². The van der Waals surface area contributed by atoms with Crippen molar-refractivity contribution in [3.63, 3.8) is 0 Å². The number of ether oxygens (including phenoxy) is 2. The molecule has 0 spiro atoms. The zero-order chi connectivity index (χ0) is 31.4. The molecule has 7 nitrogen and oxygen atoms in total. The van der Waals surface area contributed by atoms with Gasteiger partial charge in [0.25, 0.3) is 0 Å². The van der Waals surface area contributed by atoms with Gasteiger partial charge in [-0.3, -0.25) is 9.59 Å². The molecular weight excluding hydrogens is 553 g/mol. The van der Waals surface area contributed by atoms with Crippen LogP contribution in [0.25, 0.3) is 0 Å². The van der Waals surface area contributed by atoms with E-state index < -0.39 is 40.1 Å². The van der Waals surface area contributed by atoms with Crippen molar-refractivity contribution in [2.75, 3.05) is 7.11 Å². The zero-order valence-corrected chi connectivity index (χ0v) is 28.9. The Morgan fingerprint density at radius 1 is 1.07 bits per heavy atom. The van der Waals surface area contributed by atoms with Crippen LogP contribution in [-0.4, -0.2) is 59.6 Å². The molecule has 9 heteroatoms. The Balaban J connectivity index is 2.41. The second-order valence-electron chi connectivity index (χ2n) is 13.7. The van der Waals surface area contributed by atoms with Gasteiger partial charge in [0.15, 0.2) is 16.6 Å². The predicted molar refractivity (Wildman–Crippen MR) is 168 cm³/mol. The van der Waals surface area contributed by atoms with Crippen LogP contribution in [0.15, 0.2) is 53.6 Å². The van der Waals surface area contributed by atoms with Gasteiger partial charge in [0.05, 0.1) is 19.8 Å². The van der Waals surface area contributed by atoms with E-state index in [2.05, 4.69) is 40.4 Å². The molecule has 1 aromatic rings. The van der Waals surface area contributed by atoms with E-state index in [1.165, 1.54) is 14.0 Å². The fourth-order valence-corrected chi connectivity index (χ4v) is 7.64. The van der Waals surface area contributed by atoms with E-state index in [-0.39, 0.29) is 30.1 Å². The van der Waals surface area contributed by atoms with E-state index in [0.717, 1.165) is 17.4 Å². The molecule has 2 unspecified atom stereocenters. The summed E-state index contributed by atoms with van der Waals surface area (Å²) in [6.07, 6.45) is 0.332. The molecule has 0 saturated heterocycles. The van der Waals surface area contributed by atoms with Gasteiger partial charge in [-0.1, -0.05) is 63.3 Å². The second kappa shape index (κ2) is 13.4. The summed E-state index contributed by atoms with van der Waals surface area (Å²) in [6.45, 7) is 24.6. The Kier molecular flexibility index (Phi) is 11.5. The number of Topliss-reactive ketones (excluding diaryl/α,β-unsaturated/α-hetero) is 1. The Bertz CT molecular complexity index is 1140. The summed E-state index contributed by atoms with van der Waals surface area (Å²) >= 11 is 0. The average Bonchev–Trinajstić information content (AvgIpc) is 3.18. The highest BCUT2D eigenvalue weighted by molar-refractivity contribution is 6.74. The Hall–Kier alpha value is -2.18. The molecule has 0 amide bonds. The van der Waals surface area contributed by atoms with Crippen molar-refractivity contribution < 1.29 is 32.7 Å². The maximum atomic E-state index is 14.1. The first-order chi connectivity index (χ1) is 18.8. The van der Waals surface area contributed by atoms with E-state index in [9.17, 15) is 14.4 Å². The van der Waals surface area contributed by atoms with Gasteiger partial charge in [0.2, 0.25) is 11.4 Å². The maximum absolute atomic E-state index is 14.1. The Morgan fingerprint density at radius 2 is 1.66 bits per heavy atom. The molecule has 1 aromatic carbocycles. The molecule has 0 fully saturated rings. The molecule has 228 valence electrons. The minimum atomic E-state index is -2.37. The molecule has 0 saturated carbocycles. The first-order valence-electron chi connectivity index (χ1n) is 14.3. The molecule has 0 heterocycles. The summed E-state index contributed by atoms with van der Waals surface area (Å²) in [5.41, 5.74) is 1.27. The first-order valence-corrected chi connectivity index (χ1v) is 20.6. The molecule has 0 aliphatic heterocycles. The summed E-state index contributed by atoms with van der Waals surface area (Å²) in [6, 6.07) is 9.51. The third-order valence-corrected chi connectivity index (χ3v) is 13.7. The Labute approximate surface area is 248 Å². The van der Waals surface area contributed by atoms with Crippen LogP contribution in [0.2, 0.25) is 37.8 Å². The molecule has 1 aliphatic rings. The van der Waals surface area contributed by atoms with E-state index in [0.29, 0.717) is 17.6 Å². The van der Waals surface area contributed by atoms with Crippen LogP contribution in [0.3, 0.4) is 0 Å². The lowest BCUT2D eigenvalue weighted by Crippen LogP contribution is -2.56. The number of rotatable bonds is 14. The van der Waals surface area contributed by atoms with Gasteiger partial charge in [-0.05, 0) is 69.2 Å². The average molecular weight is 603 g/mol. The Morgan fingerprint density at radius 3 is 2.15 bits per heavy atom. The number of benzene rings is 1. The monoisotopic (exact) mass is 602 g/mol. The van der Waals surface area contributed by atoms with E-state index in [4.69, 9.17) is 18.3 Å². The smallest absolute Gasteiger partial charge is 0.344 e. The number of hydrogen-bond acceptors (Lipinski definition) is 7. The highest BCUT2D eigenvalue weighted by Crippen LogP contribution is 2.44. The minimum Gasteiger partial charge on any atom is -0.467 e. The molecule has 4 atom stereocenters. The van der Waals surface area contributed by atoms with Gasteiger partial charge in [-0.15, -0.1) is 0 Å². The molecule has 0 N–H and O–H groups in total. The number of carbonyl (C=O) groups excluding carboxylic acids is 3. The minimum absolute atomic E-state index is 0.0151. The van der Waals surface area contributed by atoms with Crippen LogP contribution in [0.4, 0.5) is 0 Å². The molecule has 0 aromatic heterocycles. The van der Waals surface area contributed by atoms with Crippen molar-refractivity contribution in [1.82, 2.24) is 0 Å². The van der Waals surface area contributed by atoms with Crippen LogP contribution in [-0.2, 0) is 39.3 Å². The fraction of sp³-hybridized carbons (Fsp3) is 0.594. The number of hydrogen-bond donors (Lipinski definition) is 0. The largest absolute Gasteiger partial charge is 0.467 e. The molecule has 41 heavy (non-hydrogen) atoms. The standard InChI is InChI=1S/C32H50O7Si2/c1-22(25-19-27(23(2)26(25)20-33)38-41(11,12)31(3,4)5)18-28(37-21-24-16-14-13-15-17-24)29(34)32(6,30(35)36-7)39-40(8,9)10/h13-17,20,25,27-28H,1,18-19,21H2,2-12H3/t25-,27-,28?,32?/m1/s1. The molecule has 1 aliphatic carbocycles. The normalized spacial score (nSPS) is 20.4. The summed E-state index contributed by atoms with van der Waals surface area (Å²) in [7, 11) is -3.24. The van der Waals surface area contributed by atoms with E-state index >= 15 is 0 Å². The van der Waals surface area contributed by atoms with Crippen molar-refractivity contribution in [3.8, 4) is 0 Å². The SMILES string of the molecule is C=C(CC(OCc1ccccc1)C(=O)C(C)(O[Si](C)(C)C)C(=O)OC)[C@H]1C[C@@H](O[Si](C)(C)C(C)(C)C)C(C)=C1C=O. The van der Waals surface area contributed by atoms with Crippen molar-refractivity contribution in [2.45, 2.75) is 110 Å². The molecule has 0 radical (unpaired) electrons. The van der Waals surface area contributed by atoms with Gasteiger partial charge in [-0.2, -0.15) is 0 Å². The fourth-order valence-electron chi connectivity index (χ4n) is 4.89. The van der Waals surface area contributed by atoms with Crippen LogP contribution in [0.5, 0.6) is 0 Å². The van der Waals surface area contributed by atoms with E-state index in [1.807, 2.05) is 56.9 Å². The van der Waals surface area contributed by atoms with Crippen molar-refractivity contribution in [2.24, 2.45) is 5.92 Å². The molecule has 2 rings (SSSR count). The highest BCUT2D eigenvalue weighted by Gasteiger charge is 2.50. The predicted octanol–water partition coefficient (Wildman–Crippen LogP) is 6.80. The molecule has 0 bridgehead atoms. The second-order valence-corrected chi connectivity index (χ2v) is 22.8. The number of carbonyl (C=O) groups is 3. The lowest BCUT2D eigenvalue weighted by Gasteiger charge is -2.39. The van der Waals surface area contributed by atoms with Crippen LogP contribution in [0, 0.1) is 5.92 Å². The number of ketones is 1. The van der Waals surface area contributed by atoms with E-state index in [1.54, 1.807) is 0 Å². The number of methoxy groups -OCH3 is 1. The van der Waals surface area contributed by atoms with Gasteiger partial charge in [0, 0.05) is 17.9 Å². The number of allylic oxidation sites excluding steroid dienone is 1. The number of aldehydes is 1. The third-order valence-electron chi connectivity index (χ3n) is 8.22. The highest BCUT2D eigenvalue weighted by atomic mass is 28.4. The first kappa shape index (κ1) is 35.0. The van der Waals surface area contributed by atoms with Crippen molar-refractivity contribution >= 4 is 34.7 Å². The zero-order valence-electron chi connectivity index (χ0n) is 26.9. The quantitative estimate of drug-likeness (QED) is 0.0761. The lowest BCUT2D eigenvalue weighted by atomic mass is 9.86. The van der Waals surface area contributed by atoms with Crippen LogP contribution in [0.1, 0.15) is 53.0 Å². The van der Waals surface area contributed by atoms with Gasteiger partial charge in [0.1, 0.15) is 12.4 Å². The van der Waals surface area contributed by atoms with Crippen molar-refractivity contribution in [1.29, 1.82) is 0 Å².